The second-order valence-corrected chi connectivity index (χ2v) is 7.77. The monoisotopic (exact) mass is 447 g/mol. The molecule has 4 rings (SSSR count). The summed E-state index contributed by atoms with van der Waals surface area (Å²) < 4.78 is 2.07. The summed E-state index contributed by atoms with van der Waals surface area (Å²) in [5.74, 6) is 0. The zero-order chi connectivity index (χ0) is 22.0. The lowest BCUT2D eigenvalue weighted by atomic mass is 10.0. The van der Waals surface area contributed by atoms with Crippen molar-refractivity contribution >= 4 is 51.4 Å². The van der Waals surface area contributed by atoms with E-state index in [0.29, 0.717) is 27.7 Å². The third-order valence-electron chi connectivity index (χ3n) is 4.94. The van der Waals surface area contributed by atoms with E-state index in [1.54, 1.807) is 24.3 Å². The Labute approximate surface area is 188 Å². The van der Waals surface area contributed by atoms with Crippen LogP contribution in [0.5, 0.6) is 0 Å². The molecule has 0 amide bonds. The average Bonchev–Trinajstić information content (AvgIpc) is 3.12. The van der Waals surface area contributed by atoms with Crippen LogP contribution in [-0.2, 0) is 6.54 Å². The fourth-order valence-corrected chi connectivity index (χ4v) is 3.80. The number of halogens is 2. The van der Waals surface area contributed by atoms with E-state index in [2.05, 4.69) is 10.6 Å². The summed E-state index contributed by atoms with van der Waals surface area (Å²) in [5.41, 5.74) is 3.62. The zero-order valence-corrected chi connectivity index (χ0v) is 17.6. The molecule has 0 fully saturated rings. The molecule has 0 bridgehead atoms. The van der Waals surface area contributed by atoms with Gasteiger partial charge in [0, 0.05) is 41.3 Å². The maximum Gasteiger partial charge on any atom is 0.270 e. The van der Waals surface area contributed by atoms with Gasteiger partial charge in [-0.15, -0.1) is 0 Å². The molecule has 0 unspecified atom stereocenters. The van der Waals surface area contributed by atoms with E-state index in [-0.39, 0.29) is 5.69 Å². The maximum atomic E-state index is 11.1. The third kappa shape index (κ3) is 4.31. The number of allylic oxidation sites excluding steroid dienone is 1. The Kier molecular flexibility index (Phi) is 5.77. The highest BCUT2D eigenvalue weighted by molar-refractivity contribution is 6.42. The molecule has 0 N–H and O–H groups in total. The topological polar surface area (TPSA) is 71.9 Å². The fourth-order valence-electron chi connectivity index (χ4n) is 3.48. The predicted molar refractivity (Wildman–Crippen MR) is 124 cm³/mol. The van der Waals surface area contributed by atoms with Crippen molar-refractivity contribution in [3.63, 3.8) is 0 Å². The predicted octanol–water partition coefficient (Wildman–Crippen LogP) is 6.97. The minimum absolute atomic E-state index is 0.0549. The van der Waals surface area contributed by atoms with Crippen molar-refractivity contribution in [2.45, 2.75) is 6.54 Å². The van der Waals surface area contributed by atoms with Crippen molar-refractivity contribution < 1.29 is 4.92 Å². The van der Waals surface area contributed by atoms with Crippen LogP contribution in [0.2, 0.25) is 10.0 Å². The highest BCUT2D eigenvalue weighted by Gasteiger charge is 2.12. The SMILES string of the molecule is N#CC(=Cc1cn(Cc2ccc(Cl)c(Cl)c2)c2ccccc12)c1cccc([N+](=O)[O-])c1. The van der Waals surface area contributed by atoms with Crippen LogP contribution in [0, 0.1) is 21.4 Å². The molecular weight excluding hydrogens is 433 g/mol. The summed E-state index contributed by atoms with van der Waals surface area (Å²) in [5, 5.41) is 22.8. The van der Waals surface area contributed by atoms with Crippen LogP contribution in [0.3, 0.4) is 0 Å². The largest absolute Gasteiger partial charge is 0.342 e. The molecule has 0 aliphatic heterocycles. The standard InChI is InChI=1S/C24H15Cl2N3O2/c25-22-9-8-16(10-23(22)26)14-28-15-19(21-6-1-2-7-24(21)28)11-18(13-27)17-4-3-5-20(12-17)29(30)31/h1-12,15H,14H2. The van der Waals surface area contributed by atoms with Gasteiger partial charge < -0.3 is 4.57 Å². The molecule has 0 radical (unpaired) electrons. The molecule has 0 aliphatic carbocycles. The second-order valence-electron chi connectivity index (χ2n) is 6.96. The van der Waals surface area contributed by atoms with E-state index in [4.69, 9.17) is 23.2 Å². The Balaban J connectivity index is 1.79. The molecule has 4 aromatic rings. The van der Waals surface area contributed by atoms with Gasteiger partial charge in [-0.3, -0.25) is 10.1 Å². The number of hydrogen-bond acceptors (Lipinski definition) is 3. The number of hydrogen-bond donors (Lipinski definition) is 0. The van der Waals surface area contributed by atoms with Crippen LogP contribution in [0.4, 0.5) is 5.69 Å². The number of rotatable bonds is 5. The van der Waals surface area contributed by atoms with Crippen molar-refractivity contribution in [1.29, 1.82) is 5.26 Å². The van der Waals surface area contributed by atoms with Gasteiger partial charge in [0.1, 0.15) is 0 Å². The van der Waals surface area contributed by atoms with Gasteiger partial charge in [0.05, 0.1) is 26.6 Å². The van der Waals surface area contributed by atoms with Crippen molar-refractivity contribution in [3.8, 4) is 6.07 Å². The minimum Gasteiger partial charge on any atom is -0.342 e. The van der Waals surface area contributed by atoms with Crippen molar-refractivity contribution in [2.24, 2.45) is 0 Å². The lowest BCUT2D eigenvalue weighted by Crippen LogP contribution is -1.97. The highest BCUT2D eigenvalue weighted by atomic mass is 35.5. The number of nitrogens with zero attached hydrogens (tertiary/aromatic N) is 3. The van der Waals surface area contributed by atoms with E-state index >= 15 is 0 Å². The molecule has 1 heterocycles. The van der Waals surface area contributed by atoms with Gasteiger partial charge in [0.2, 0.25) is 0 Å². The Morgan fingerprint density at radius 2 is 1.87 bits per heavy atom. The first-order valence-corrected chi connectivity index (χ1v) is 10.1. The van der Waals surface area contributed by atoms with E-state index in [9.17, 15) is 15.4 Å². The quantitative estimate of drug-likeness (QED) is 0.188. The first kappa shape index (κ1) is 20.7. The third-order valence-corrected chi connectivity index (χ3v) is 5.68. The number of nitro benzene ring substituents is 1. The van der Waals surface area contributed by atoms with E-state index in [1.165, 1.54) is 12.1 Å². The van der Waals surface area contributed by atoms with Gasteiger partial charge in [-0.1, -0.05) is 59.6 Å². The van der Waals surface area contributed by atoms with E-state index in [0.717, 1.165) is 22.0 Å². The van der Waals surface area contributed by atoms with Gasteiger partial charge in [0.25, 0.3) is 5.69 Å². The normalized spacial score (nSPS) is 11.5. The van der Waals surface area contributed by atoms with Gasteiger partial charge >= 0.3 is 0 Å². The molecule has 0 aliphatic rings. The molecule has 0 saturated carbocycles. The maximum absolute atomic E-state index is 11.1. The van der Waals surface area contributed by atoms with Gasteiger partial charge in [0.15, 0.2) is 0 Å². The molecule has 0 atom stereocenters. The summed E-state index contributed by atoms with van der Waals surface area (Å²) in [6.07, 6.45) is 3.72. The number of benzene rings is 3. The number of fused-ring (bicyclic) bond motifs is 1. The average molecular weight is 448 g/mol. The molecule has 152 valence electrons. The lowest BCUT2D eigenvalue weighted by molar-refractivity contribution is -0.384. The number of nitriles is 1. The fraction of sp³-hybridized carbons (Fsp3) is 0.0417. The lowest BCUT2D eigenvalue weighted by Gasteiger charge is -2.06. The number of nitro groups is 1. The molecule has 31 heavy (non-hydrogen) atoms. The van der Waals surface area contributed by atoms with Crippen LogP contribution in [0.1, 0.15) is 16.7 Å². The zero-order valence-electron chi connectivity index (χ0n) is 16.1. The van der Waals surface area contributed by atoms with Crippen LogP contribution in [-0.4, -0.2) is 9.49 Å². The molecular formula is C24H15Cl2N3O2. The number of non-ortho nitro benzene ring substituents is 1. The first-order chi connectivity index (χ1) is 15.0. The Bertz CT molecular complexity index is 1380. The van der Waals surface area contributed by atoms with E-state index in [1.807, 2.05) is 42.6 Å². The summed E-state index contributed by atoms with van der Waals surface area (Å²) in [6, 6.07) is 21.6. The van der Waals surface area contributed by atoms with E-state index < -0.39 is 4.92 Å². The van der Waals surface area contributed by atoms with Crippen molar-refractivity contribution in [3.05, 3.63) is 110 Å². The number of para-hydroxylation sites is 1. The molecule has 7 heteroatoms. The van der Waals surface area contributed by atoms with Gasteiger partial charge in [-0.05, 0) is 35.4 Å². The highest BCUT2D eigenvalue weighted by Crippen LogP contribution is 2.29. The summed E-state index contributed by atoms with van der Waals surface area (Å²) >= 11 is 12.2. The molecule has 5 nitrogen and oxygen atoms in total. The van der Waals surface area contributed by atoms with Crippen LogP contribution in [0.25, 0.3) is 22.6 Å². The molecule has 3 aromatic carbocycles. The van der Waals surface area contributed by atoms with Crippen molar-refractivity contribution in [1.82, 2.24) is 4.57 Å². The summed E-state index contributed by atoms with van der Waals surface area (Å²) in [4.78, 5) is 10.6. The summed E-state index contributed by atoms with van der Waals surface area (Å²) in [6.45, 7) is 0.573. The number of aromatic nitrogens is 1. The Morgan fingerprint density at radius 3 is 2.61 bits per heavy atom. The first-order valence-electron chi connectivity index (χ1n) is 9.34. The van der Waals surface area contributed by atoms with Gasteiger partial charge in [-0.2, -0.15) is 5.26 Å². The molecule has 0 spiro atoms. The van der Waals surface area contributed by atoms with Crippen molar-refractivity contribution in [2.75, 3.05) is 0 Å². The minimum atomic E-state index is -0.471. The van der Waals surface area contributed by atoms with Gasteiger partial charge in [-0.25, -0.2) is 0 Å². The van der Waals surface area contributed by atoms with Crippen LogP contribution < -0.4 is 0 Å². The van der Waals surface area contributed by atoms with Crippen LogP contribution in [0.15, 0.2) is 72.9 Å². The van der Waals surface area contributed by atoms with Crippen LogP contribution >= 0.6 is 23.2 Å². The summed E-state index contributed by atoms with van der Waals surface area (Å²) in [7, 11) is 0. The Morgan fingerprint density at radius 1 is 1.06 bits per heavy atom. The Hall–Kier alpha value is -3.59. The molecule has 1 aromatic heterocycles. The molecule has 0 saturated heterocycles. The second kappa shape index (κ2) is 8.65. The smallest absolute Gasteiger partial charge is 0.270 e.